The first-order valence-electron chi connectivity index (χ1n) is 7.36. The minimum Gasteiger partial charge on any atom is -0.481 e. The Morgan fingerprint density at radius 3 is 2.68 bits per heavy atom. The maximum atomic E-state index is 10.9. The van der Waals surface area contributed by atoms with E-state index in [4.69, 9.17) is 5.11 Å². The predicted molar refractivity (Wildman–Crippen MR) is 89.4 cm³/mol. The van der Waals surface area contributed by atoms with Crippen LogP contribution in [0.5, 0.6) is 0 Å². The molecule has 1 N–H and O–H groups in total. The van der Waals surface area contributed by atoms with Gasteiger partial charge < -0.3 is 10.0 Å². The van der Waals surface area contributed by atoms with Crippen LogP contribution in [0.4, 0.5) is 0 Å². The standard InChI is InChI=1S/C17H22N2O2S/c1-12(10-19(3)11-14-7-5-4-6-8-14)17-18-13(2)15(22-17)9-16(20)21/h4-8,12H,9-11H2,1-3H3,(H,20,21). The second kappa shape index (κ2) is 7.51. The third kappa shape index (κ3) is 4.64. The Balaban J connectivity index is 1.96. The van der Waals surface area contributed by atoms with E-state index in [1.54, 1.807) is 0 Å². The number of carboxylic acids is 1. The summed E-state index contributed by atoms with van der Waals surface area (Å²) >= 11 is 1.53. The van der Waals surface area contributed by atoms with E-state index in [-0.39, 0.29) is 6.42 Å². The van der Waals surface area contributed by atoms with Gasteiger partial charge in [0.1, 0.15) is 0 Å². The number of hydrogen-bond acceptors (Lipinski definition) is 4. The molecule has 22 heavy (non-hydrogen) atoms. The van der Waals surface area contributed by atoms with E-state index in [0.29, 0.717) is 5.92 Å². The van der Waals surface area contributed by atoms with Crippen molar-refractivity contribution in [2.75, 3.05) is 13.6 Å². The van der Waals surface area contributed by atoms with Gasteiger partial charge in [0.05, 0.1) is 17.1 Å². The molecule has 0 aliphatic heterocycles. The van der Waals surface area contributed by atoms with Gasteiger partial charge in [0.2, 0.25) is 0 Å². The van der Waals surface area contributed by atoms with Crippen molar-refractivity contribution in [2.45, 2.75) is 32.7 Å². The second-order valence-corrected chi connectivity index (χ2v) is 6.83. The third-order valence-corrected chi connectivity index (χ3v) is 4.91. The van der Waals surface area contributed by atoms with Crippen molar-refractivity contribution in [2.24, 2.45) is 0 Å². The number of rotatable bonds is 7. The Bertz CT molecular complexity index is 625. The molecule has 1 unspecified atom stereocenters. The summed E-state index contributed by atoms with van der Waals surface area (Å²) in [5.74, 6) is -0.507. The number of thiazole rings is 1. The average molecular weight is 318 g/mol. The van der Waals surface area contributed by atoms with E-state index in [1.807, 2.05) is 13.0 Å². The Morgan fingerprint density at radius 2 is 2.05 bits per heavy atom. The van der Waals surface area contributed by atoms with Crippen LogP contribution >= 0.6 is 11.3 Å². The predicted octanol–water partition coefficient (Wildman–Crippen LogP) is 3.31. The van der Waals surface area contributed by atoms with E-state index in [9.17, 15) is 4.79 Å². The number of carboxylic acid groups (broad SMARTS) is 1. The monoisotopic (exact) mass is 318 g/mol. The van der Waals surface area contributed by atoms with Crippen LogP contribution in [0.15, 0.2) is 30.3 Å². The molecule has 1 atom stereocenters. The number of aliphatic carboxylic acids is 1. The summed E-state index contributed by atoms with van der Waals surface area (Å²) in [6.45, 7) is 5.83. The van der Waals surface area contributed by atoms with Crippen molar-refractivity contribution in [3.63, 3.8) is 0 Å². The molecule has 4 nitrogen and oxygen atoms in total. The lowest BCUT2D eigenvalue weighted by atomic mass is 10.1. The zero-order valence-electron chi connectivity index (χ0n) is 13.2. The summed E-state index contributed by atoms with van der Waals surface area (Å²) < 4.78 is 0. The Morgan fingerprint density at radius 1 is 1.36 bits per heavy atom. The van der Waals surface area contributed by atoms with Gasteiger partial charge in [-0.25, -0.2) is 4.98 Å². The zero-order chi connectivity index (χ0) is 16.1. The van der Waals surface area contributed by atoms with Gasteiger partial charge in [-0.2, -0.15) is 0 Å². The second-order valence-electron chi connectivity index (χ2n) is 5.71. The fourth-order valence-corrected chi connectivity index (χ4v) is 3.57. The molecule has 0 spiro atoms. The van der Waals surface area contributed by atoms with E-state index in [0.717, 1.165) is 28.7 Å². The highest BCUT2D eigenvalue weighted by atomic mass is 32.1. The molecule has 0 aliphatic carbocycles. The van der Waals surface area contributed by atoms with Crippen molar-refractivity contribution in [1.29, 1.82) is 0 Å². The number of benzene rings is 1. The lowest BCUT2D eigenvalue weighted by molar-refractivity contribution is -0.136. The quantitative estimate of drug-likeness (QED) is 0.851. The lowest BCUT2D eigenvalue weighted by Crippen LogP contribution is -2.23. The van der Waals surface area contributed by atoms with Gasteiger partial charge in [-0.3, -0.25) is 4.79 Å². The van der Waals surface area contributed by atoms with Gasteiger partial charge in [0, 0.05) is 23.9 Å². The molecule has 0 aliphatic rings. The van der Waals surface area contributed by atoms with Crippen LogP contribution in [0.25, 0.3) is 0 Å². The molecule has 0 fully saturated rings. The summed E-state index contributed by atoms with van der Waals surface area (Å²) in [6, 6.07) is 10.4. The number of hydrogen-bond donors (Lipinski definition) is 1. The topological polar surface area (TPSA) is 53.4 Å². The zero-order valence-corrected chi connectivity index (χ0v) is 14.1. The first-order chi connectivity index (χ1) is 10.5. The molecule has 5 heteroatoms. The Kier molecular flexibility index (Phi) is 5.69. The van der Waals surface area contributed by atoms with Crippen molar-refractivity contribution in [3.8, 4) is 0 Å². The van der Waals surface area contributed by atoms with Crippen LogP contribution in [-0.2, 0) is 17.8 Å². The first kappa shape index (κ1) is 16.6. The SMILES string of the molecule is Cc1nc(C(C)CN(C)Cc2ccccc2)sc1CC(=O)O. The maximum absolute atomic E-state index is 10.9. The molecular formula is C17H22N2O2S. The summed E-state index contributed by atoms with van der Waals surface area (Å²) in [4.78, 5) is 18.5. The average Bonchev–Trinajstić information content (AvgIpc) is 2.80. The van der Waals surface area contributed by atoms with Gasteiger partial charge >= 0.3 is 5.97 Å². The highest BCUT2D eigenvalue weighted by Crippen LogP contribution is 2.26. The fraction of sp³-hybridized carbons (Fsp3) is 0.412. The minimum absolute atomic E-state index is 0.0656. The van der Waals surface area contributed by atoms with Crippen LogP contribution in [0.3, 0.4) is 0 Å². The smallest absolute Gasteiger partial charge is 0.308 e. The normalized spacial score (nSPS) is 12.5. The summed E-state index contributed by atoms with van der Waals surface area (Å²) in [7, 11) is 2.10. The summed E-state index contributed by atoms with van der Waals surface area (Å²) in [6.07, 6.45) is 0.0656. The number of aryl methyl sites for hydroxylation is 1. The van der Waals surface area contributed by atoms with Crippen LogP contribution in [-0.4, -0.2) is 34.6 Å². The van der Waals surface area contributed by atoms with E-state index in [1.165, 1.54) is 16.9 Å². The first-order valence-corrected chi connectivity index (χ1v) is 8.17. The van der Waals surface area contributed by atoms with Crippen molar-refractivity contribution in [1.82, 2.24) is 9.88 Å². The van der Waals surface area contributed by atoms with Crippen molar-refractivity contribution in [3.05, 3.63) is 51.5 Å². The van der Waals surface area contributed by atoms with Gasteiger partial charge in [-0.05, 0) is 19.5 Å². The van der Waals surface area contributed by atoms with Crippen LogP contribution in [0, 0.1) is 6.92 Å². The molecule has 118 valence electrons. The molecule has 1 aromatic carbocycles. The maximum Gasteiger partial charge on any atom is 0.308 e. The van der Waals surface area contributed by atoms with Gasteiger partial charge in [-0.1, -0.05) is 37.3 Å². The number of likely N-dealkylation sites (N-methyl/N-ethyl adjacent to an activating group) is 1. The molecule has 0 bridgehead atoms. The minimum atomic E-state index is -0.799. The fourth-order valence-electron chi connectivity index (χ4n) is 2.47. The molecule has 2 aromatic rings. The molecule has 0 radical (unpaired) electrons. The van der Waals surface area contributed by atoms with E-state index >= 15 is 0 Å². The number of carbonyl (C=O) groups is 1. The third-order valence-electron chi connectivity index (χ3n) is 3.52. The molecule has 0 amide bonds. The number of nitrogens with zero attached hydrogens (tertiary/aromatic N) is 2. The molecule has 1 heterocycles. The van der Waals surface area contributed by atoms with Crippen molar-refractivity contribution < 1.29 is 9.90 Å². The van der Waals surface area contributed by atoms with Crippen LogP contribution in [0.1, 0.15) is 34.0 Å². The summed E-state index contributed by atoms with van der Waals surface area (Å²) in [5.41, 5.74) is 2.14. The molecule has 2 rings (SSSR count). The van der Waals surface area contributed by atoms with Crippen LogP contribution < -0.4 is 0 Å². The Hall–Kier alpha value is -1.72. The highest BCUT2D eigenvalue weighted by Gasteiger charge is 2.17. The highest BCUT2D eigenvalue weighted by molar-refractivity contribution is 7.11. The van der Waals surface area contributed by atoms with E-state index in [2.05, 4.69) is 48.1 Å². The molecule has 1 aromatic heterocycles. The Labute approximate surface area is 135 Å². The van der Waals surface area contributed by atoms with Gasteiger partial charge in [0.15, 0.2) is 0 Å². The van der Waals surface area contributed by atoms with Crippen molar-refractivity contribution >= 4 is 17.3 Å². The lowest BCUT2D eigenvalue weighted by Gasteiger charge is -2.20. The van der Waals surface area contributed by atoms with Gasteiger partial charge in [-0.15, -0.1) is 11.3 Å². The molecular weight excluding hydrogens is 296 g/mol. The van der Waals surface area contributed by atoms with Crippen LogP contribution in [0.2, 0.25) is 0 Å². The summed E-state index contributed by atoms with van der Waals surface area (Å²) in [5, 5.41) is 9.94. The van der Waals surface area contributed by atoms with Gasteiger partial charge in [0.25, 0.3) is 0 Å². The molecule has 0 saturated heterocycles. The number of aromatic nitrogens is 1. The van der Waals surface area contributed by atoms with E-state index < -0.39 is 5.97 Å². The largest absolute Gasteiger partial charge is 0.481 e. The molecule has 0 saturated carbocycles.